The minimum atomic E-state index is -0.327. The third-order valence-corrected chi connectivity index (χ3v) is 2.97. The summed E-state index contributed by atoms with van der Waals surface area (Å²) in [5.41, 5.74) is 2.64. The number of nitrogens with zero attached hydrogens (tertiary/aromatic N) is 2. The largest absolute Gasteiger partial charge is 0.390 e. The first-order chi connectivity index (χ1) is 9.78. The van der Waals surface area contributed by atoms with E-state index in [9.17, 15) is 9.50 Å². The molecule has 0 saturated heterocycles. The molecule has 2 aromatic heterocycles. The van der Waals surface area contributed by atoms with Crippen LogP contribution in [0.1, 0.15) is 5.69 Å². The fourth-order valence-electron chi connectivity index (χ4n) is 2.04. The zero-order chi connectivity index (χ0) is 13.9. The molecule has 2 N–H and O–H groups in total. The predicted octanol–water partition coefficient (Wildman–Crippen LogP) is 2.77. The van der Waals surface area contributed by atoms with E-state index in [0.717, 1.165) is 5.56 Å². The quantitative estimate of drug-likeness (QED) is 0.768. The second kappa shape index (κ2) is 5.22. The van der Waals surface area contributed by atoms with Crippen LogP contribution in [-0.4, -0.2) is 20.1 Å². The number of aliphatic hydroxyl groups excluding tert-OH is 1. The Kier molecular flexibility index (Phi) is 3.26. The zero-order valence-electron chi connectivity index (χ0n) is 10.5. The van der Waals surface area contributed by atoms with E-state index in [1.54, 1.807) is 30.6 Å². The molecule has 2 heterocycles. The van der Waals surface area contributed by atoms with Crippen LogP contribution in [0, 0.1) is 5.82 Å². The van der Waals surface area contributed by atoms with Crippen molar-refractivity contribution in [2.75, 3.05) is 0 Å². The Morgan fingerprint density at radius 3 is 2.70 bits per heavy atom. The van der Waals surface area contributed by atoms with Crippen molar-refractivity contribution in [3.8, 4) is 22.6 Å². The predicted molar refractivity (Wildman–Crippen MR) is 73.1 cm³/mol. The molecule has 0 saturated carbocycles. The molecule has 3 rings (SSSR count). The first-order valence-electron chi connectivity index (χ1n) is 6.14. The number of imidazole rings is 1. The number of aromatic nitrogens is 3. The number of aliphatic hydroxyl groups is 1. The lowest BCUT2D eigenvalue weighted by Crippen LogP contribution is -1.88. The molecule has 20 heavy (non-hydrogen) atoms. The van der Waals surface area contributed by atoms with Crippen LogP contribution in [0.3, 0.4) is 0 Å². The maximum absolute atomic E-state index is 13.3. The third-order valence-electron chi connectivity index (χ3n) is 2.97. The van der Waals surface area contributed by atoms with Crippen molar-refractivity contribution in [1.29, 1.82) is 0 Å². The number of benzene rings is 1. The van der Waals surface area contributed by atoms with Gasteiger partial charge in [0.1, 0.15) is 11.6 Å². The molecule has 0 aliphatic rings. The van der Waals surface area contributed by atoms with Gasteiger partial charge in [-0.15, -0.1) is 0 Å². The van der Waals surface area contributed by atoms with Crippen LogP contribution >= 0.6 is 0 Å². The summed E-state index contributed by atoms with van der Waals surface area (Å²) >= 11 is 0. The average molecular weight is 269 g/mol. The lowest BCUT2D eigenvalue weighted by molar-refractivity contribution is 0.278. The van der Waals surface area contributed by atoms with Gasteiger partial charge in [0.15, 0.2) is 0 Å². The fourth-order valence-corrected chi connectivity index (χ4v) is 2.04. The van der Waals surface area contributed by atoms with E-state index in [1.165, 1.54) is 12.1 Å². The molecule has 0 fully saturated rings. The summed E-state index contributed by atoms with van der Waals surface area (Å²) in [7, 11) is 0. The summed E-state index contributed by atoms with van der Waals surface area (Å²) in [6.45, 7) is -0.174. The number of hydrogen-bond donors (Lipinski definition) is 2. The number of halogens is 1. The van der Waals surface area contributed by atoms with E-state index in [0.29, 0.717) is 22.8 Å². The van der Waals surface area contributed by atoms with Gasteiger partial charge in [-0.1, -0.05) is 12.1 Å². The van der Waals surface area contributed by atoms with E-state index < -0.39 is 0 Å². The van der Waals surface area contributed by atoms with Gasteiger partial charge in [0.25, 0.3) is 0 Å². The maximum atomic E-state index is 13.3. The molecule has 0 bridgehead atoms. The second-order valence-corrected chi connectivity index (χ2v) is 4.32. The summed E-state index contributed by atoms with van der Waals surface area (Å²) in [5, 5.41) is 9.43. The van der Waals surface area contributed by atoms with Gasteiger partial charge >= 0.3 is 0 Å². The Morgan fingerprint density at radius 1 is 1.15 bits per heavy atom. The smallest absolute Gasteiger partial charge is 0.138 e. The van der Waals surface area contributed by atoms with Crippen LogP contribution in [0.4, 0.5) is 4.39 Å². The van der Waals surface area contributed by atoms with Gasteiger partial charge in [0.05, 0.1) is 18.0 Å². The number of H-pyrrole nitrogens is 1. The molecule has 0 amide bonds. The summed E-state index contributed by atoms with van der Waals surface area (Å²) in [4.78, 5) is 11.5. The SMILES string of the molecule is OCc1[nH]c(-c2cccc(F)c2)nc1-c1cccnc1. The van der Waals surface area contributed by atoms with Crippen LogP contribution in [0.25, 0.3) is 22.6 Å². The standard InChI is InChI=1S/C15H12FN3O/c16-12-5-1-3-10(7-12)15-18-13(9-20)14(19-15)11-4-2-6-17-8-11/h1-8,20H,9H2,(H,18,19). The van der Waals surface area contributed by atoms with Crippen molar-refractivity contribution in [2.45, 2.75) is 6.61 Å². The van der Waals surface area contributed by atoms with E-state index in [1.807, 2.05) is 6.07 Å². The molecule has 100 valence electrons. The number of aromatic amines is 1. The highest BCUT2D eigenvalue weighted by atomic mass is 19.1. The molecular weight excluding hydrogens is 257 g/mol. The first kappa shape index (κ1) is 12.5. The zero-order valence-corrected chi connectivity index (χ0v) is 10.5. The minimum Gasteiger partial charge on any atom is -0.390 e. The highest BCUT2D eigenvalue weighted by molar-refractivity contribution is 5.66. The van der Waals surface area contributed by atoms with Gasteiger partial charge in [-0.05, 0) is 24.3 Å². The third kappa shape index (κ3) is 2.31. The Labute approximate surface area is 115 Å². The summed E-state index contributed by atoms with van der Waals surface area (Å²) in [6, 6.07) is 9.81. The first-order valence-corrected chi connectivity index (χ1v) is 6.14. The Balaban J connectivity index is 2.10. The van der Waals surface area contributed by atoms with E-state index in [2.05, 4.69) is 15.0 Å². The molecule has 3 aromatic rings. The van der Waals surface area contributed by atoms with Crippen LogP contribution < -0.4 is 0 Å². The monoisotopic (exact) mass is 269 g/mol. The van der Waals surface area contributed by atoms with Gasteiger partial charge in [0, 0.05) is 23.5 Å². The van der Waals surface area contributed by atoms with Gasteiger partial charge in [-0.2, -0.15) is 0 Å². The van der Waals surface area contributed by atoms with E-state index >= 15 is 0 Å². The molecule has 0 aliphatic heterocycles. The van der Waals surface area contributed by atoms with E-state index in [-0.39, 0.29) is 12.4 Å². The topological polar surface area (TPSA) is 61.8 Å². The molecule has 4 nitrogen and oxygen atoms in total. The molecule has 1 aromatic carbocycles. The van der Waals surface area contributed by atoms with Gasteiger partial charge in [-0.3, -0.25) is 4.98 Å². The van der Waals surface area contributed by atoms with Crippen molar-refractivity contribution < 1.29 is 9.50 Å². The normalized spacial score (nSPS) is 10.7. The van der Waals surface area contributed by atoms with Crippen molar-refractivity contribution in [2.24, 2.45) is 0 Å². The number of pyridine rings is 1. The van der Waals surface area contributed by atoms with Crippen molar-refractivity contribution in [3.05, 3.63) is 60.3 Å². The van der Waals surface area contributed by atoms with Crippen molar-refractivity contribution >= 4 is 0 Å². The van der Waals surface area contributed by atoms with Gasteiger partial charge in [0.2, 0.25) is 0 Å². The molecule has 0 aliphatic carbocycles. The Morgan fingerprint density at radius 2 is 2.00 bits per heavy atom. The number of rotatable bonds is 3. The Bertz CT molecular complexity index is 725. The minimum absolute atomic E-state index is 0.174. The average Bonchev–Trinajstić information content (AvgIpc) is 2.92. The Hall–Kier alpha value is -2.53. The lowest BCUT2D eigenvalue weighted by Gasteiger charge is -1.97. The lowest BCUT2D eigenvalue weighted by atomic mass is 10.2. The van der Waals surface area contributed by atoms with Crippen molar-refractivity contribution in [1.82, 2.24) is 15.0 Å². The molecule has 0 unspecified atom stereocenters. The molecular formula is C15H12FN3O. The highest BCUT2D eigenvalue weighted by Gasteiger charge is 2.13. The van der Waals surface area contributed by atoms with Crippen LogP contribution in [-0.2, 0) is 6.61 Å². The van der Waals surface area contributed by atoms with Crippen LogP contribution in [0.15, 0.2) is 48.8 Å². The summed E-state index contributed by atoms with van der Waals surface area (Å²) in [5.74, 6) is 0.194. The molecule has 0 radical (unpaired) electrons. The van der Waals surface area contributed by atoms with E-state index in [4.69, 9.17) is 0 Å². The summed E-state index contributed by atoms with van der Waals surface area (Å²) in [6.07, 6.45) is 3.34. The van der Waals surface area contributed by atoms with Gasteiger partial charge < -0.3 is 10.1 Å². The van der Waals surface area contributed by atoms with Crippen LogP contribution in [0.2, 0.25) is 0 Å². The van der Waals surface area contributed by atoms with Crippen molar-refractivity contribution in [3.63, 3.8) is 0 Å². The molecule has 5 heteroatoms. The highest BCUT2D eigenvalue weighted by Crippen LogP contribution is 2.25. The number of nitrogens with one attached hydrogen (secondary N) is 1. The maximum Gasteiger partial charge on any atom is 0.138 e. The molecule has 0 spiro atoms. The number of hydrogen-bond acceptors (Lipinski definition) is 3. The van der Waals surface area contributed by atoms with Crippen LogP contribution in [0.5, 0.6) is 0 Å². The summed E-state index contributed by atoms with van der Waals surface area (Å²) < 4.78 is 13.3. The fraction of sp³-hybridized carbons (Fsp3) is 0.0667. The molecule has 0 atom stereocenters. The second-order valence-electron chi connectivity index (χ2n) is 4.32. The van der Waals surface area contributed by atoms with Gasteiger partial charge in [-0.25, -0.2) is 9.37 Å².